The Kier molecular flexibility index (Phi) is 34.7. The van der Waals surface area contributed by atoms with E-state index in [0.29, 0.717) is 13.2 Å². The minimum absolute atomic E-state index is 0.0681. The first-order valence-corrected chi connectivity index (χ1v) is 38.2. The number of methoxy groups -OCH3 is 6. The molecule has 24 atom stereocenters. The van der Waals surface area contributed by atoms with Crippen molar-refractivity contribution in [2.24, 2.45) is 11.7 Å². The van der Waals surface area contributed by atoms with E-state index in [0.717, 1.165) is 42.7 Å². The van der Waals surface area contributed by atoms with Gasteiger partial charge in [-0.1, -0.05) is 6.92 Å². The van der Waals surface area contributed by atoms with Gasteiger partial charge in [0.15, 0.2) is 49.8 Å². The summed E-state index contributed by atoms with van der Waals surface area (Å²) in [5.74, 6) is -3.41. The van der Waals surface area contributed by atoms with Crippen LogP contribution < -0.4 is 5.73 Å². The predicted octanol–water partition coefficient (Wildman–Crippen LogP) is -7.17. The van der Waals surface area contributed by atoms with Crippen molar-refractivity contribution >= 4 is 78.8 Å². The third-order valence-corrected chi connectivity index (χ3v) is 17.9. The zero-order valence-electron chi connectivity index (χ0n) is 53.6. The van der Waals surface area contributed by atoms with Crippen LogP contribution in [-0.4, -0.2) is 365 Å². The molecule has 0 aromatic heterocycles. The molecule has 5 saturated heterocycles. The smallest absolute Gasteiger partial charge is 0.397 e. The molecule has 0 bridgehead atoms. The normalized spacial score (nSPS) is 35.2. The van der Waals surface area contributed by atoms with Gasteiger partial charge in [0.05, 0.1) is 78.8 Å². The quantitative estimate of drug-likeness (QED) is 0.0202. The standard InChI is InChI=1S/C44H79NO49S7/c1-20-21(16-79-41(25(20)69-2)87-27-23(18-81-96(51,52)53)84-40(74-7)37(93-100(63,64)65)32(27)91-98(57,58)59)83-44-38(94-101(66,67)68)33(92-99(60,61)62)28(24(86-44)19-82-97(54,55)56)88-43-36(73-6)30(71-4)31(34(90-43)39(46)47)89-42-35(72-5)29(70-3)26(22(85-42)17-80-95(48,49)50)78-15-14-77-13-12-76-11-10-75-9-8-45/h20-38,40-44H,8-19,45H2,1-7H3,(H,46,47)(H,48,49,50)(H,51,52,53)(H,54,55,56)(H,57,58,59)(H,60,61,62)(H,63,64,65)(H,66,67,68)/t20-,21+,22+,23+,24+,25+,26+,27+,28+,29-,30-,31-,32-,33-,34-,35+,36+,37+,38+,40-,41-,42+,43+,44-/m0/s1. The summed E-state index contributed by atoms with van der Waals surface area (Å²) in [7, 11) is -34.2. The Morgan fingerprint density at radius 3 is 1.12 bits per heavy atom. The topological polar surface area (TPSA) is 684 Å². The van der Waals surface area contributed by atoms with Crippen LogP contribution in [0.5, 0.6) is 0 Å². The molecule has 0 saturated carbocycles. The number of nitrogens with two attached hydrogens (primary N) is 1. The summed E-state index contributed by atoms with van der Waals surface area (Å²) in [6, 6.07) is 0. The molecule has 0 unspecified atom stereocenters. The second-order valence-electron chi connectivity index (χ2n) is 21.2. The van der Waals surface area contributed by atoms with Gasteiger partial charge >= 0.3 is 78.8 Å². The maximum Gasteiger partial charge on any atom is 0.397 e. The first kappa shape index (κ1) is 89.4. The molecule has 101 heavy (non-hydrogen) atoms. The highest BCUT2D eigenvalue weighted by Gasteiger charge is 2.61. The summed E-state index contributed by atoms with van der Waals surface area (Å²) >= 11 is 0. The summed E-state index contributed by atoms with van der Waals surface area (Å²) in [5.41, 5.74) is 5.38. The first-order chi connectivity index (χ1) is 46.9. The number of ether oxygens (including phenoxy) is 19. The van der Waals surface area contributed by atoms with Crippen LogP contribution in [0.4, 0.5) is 0 Å². The molecule has 0 radical (unpaired) electrons. The maximum atomic E-state index is 13.4. The number of carboxylic acid groups (broad SMARTS) is 1. The third-order valence-electron chi connectivity index (χ3n) is 14.7. The van der Waals surface area contributed by atoms with Crippen molar-refractivity contribution < 1.29 is 220 Å². The molecule has 0 aromatic carbocycles. The molecule has 10 N–H and O–H groups in total. The lowest BCUT2D eigenvalue weighted by atomic mass is 9.93. The monoisotopic (exact) mass is 1630 g/mol. The second-order valence-corrected chi connectivity index (χ2v) is 28.7. The lowest BCUT2D eigenvalue weighted by molar-refractivity contribution is -0.382. The van der Waals surface area contributed by atoms with E-state index in [4.69, 9.17) is 104 Å². The number of carboxylic acids is 1. The largest absolute Gasteiger partial charge is 0.479 e. The molecule has 5 heterocycles. The van der Waals surface area contributed by atoms with E-state index in [1.54, 1.807) is 0 Å². The van der Waals surface area contributed by atoms with Gasteiger partial charge in [0, 0.05) is 55.1 Å². The zero-order valence-corrected chi connectivity index (χ0v) is 59.3. The van der Waals surface area contributed by atoms with E-state index in [-0.39, 0.29) is 39.6 Å². The predicted molar refractivity (Wildman–Crippen MR) is 311 cm³/mol. The summed E-state index contributed by atoms with van der Waals surface area (Å²) in [5, 5.41) is 10.8. The van der Waals surface area contributed by atoms with Gasteiger partial charge in [0.2, 0.25) is 0 Å². The van der Waals surface area contributed by atoms with Crippen LogP contribution in [0, 0.1) is 5.92 Å². The Morgan fingerprint density at radius 2 is 0.723 bits per heavy atom. The minimum Gasteiger partial charge on any atom is -0.479 e. The Bertz CT molecular complexity index is 3390. The molecule has 0 aromatic rings. The van der Waals surface area contributed by atoms with Crippen molar-refractivity contribution in [2.45, 2.75) is 148 Å². The molecule has 57 heteroatoms. The Hall–Kier alpha value is -2.24. The van der Waals surface area contributed by atoms with E-state index >= 15 is 0 Å². The fourth-order valence-electron chi connectivity index (χ4n) is 10.7. The SMILES string of the molecule is CO[C@H]1O[C@H](COS(=O)(=O)O)[C@@H](O[C@@H]2OC[C@@H](O[C@H]3O[C@H](COS(=O)(=O)O)[C@@H](O[C@@H]4O[C@H](C(=O)O)[C@@H](O[C@H]5O[C@H](COS(=O)(=O)O)[C@@H](OCCOCCOCCOCCN)[C@H](OC)[C@H]5OC)[C@H](OC)[C@H]4OC)[C@H](OS(=O)(=O)O)[C@H]3OS(=O)(=O)O)[C@H](C)[C@H]2OC)[C@H](OS(=O)(=O)O)[C@H]1OS(=O)(=O)O. The van der Waals surface area contributed by atoms with Crippen LogP contribution in [0.15, 0.2) is 0 Å². The van der Waals surface area contributed by atoms with Crippen LogP contribution in [0.3, 0.4) is 0 Å². The van der Waals surface area contributed by atoms with Crippen molar-refractivity contribution in [3.63, 3.8) is 0 Å². The number of aliphatic carboxylic acids is 1. The van der Waals surface area contributed by atoms with Gasteiger partial charge in [-0.15, -0.1) is 0 Å². The molecule has 5 aliphatic heterocycles. The number of rotatable bonds is 44. The lowest BCUT2D eigenvalue weighted by Crippen LogP contribution is -2.69. The van der Waals surface area contributed by atoms with Gasteiger partial charge in [-0.25, -0.2) is 34.1 Å². The van der Waals surface area contributed by atoms with Crippen molar-refractivity contribution in [1.29, 1.82) is 0 Å². The highest BCUT2D eigenvalue weighted by atomic mass is 32.3. The number of hydrogen-bond donors (Lipinski definition) is 9. The van der Waals surface area contributed by atoms with E-state index in [2.05, 4.69) is 20.9 Å². The average Bonchev–Trinajstić information content (AvgIpc) is 0.714. The van der Waals surface area contributed by atoms with E-state index in [9.17, 15) is 101 Å². The van der Waals surface area contributed by atoms with E-state index in [1.807, 2.05) is 0 Å². The maximum absolute atomic E-state index is 13.4. The van der Waals surface area contributed by atoms with Gasteiger partial charge in [0.25, 0.3) is 0 Å². The van der Waals surface area contributed by atoms with Gasteiger partial charge in [-0.2, -0.15) is 58.9 Å². The van der Waals surface area contributed by atoms with Crippen LogP contribution >= 0.6 is 0 Å². The molecule has 5 fully saturated rings. The summed E-state index contributed by atoms with van der Waals surface area (Å²) in [6.07, 6.45) is -49.9. The highest BCUT2D eigenvalue weighted by Crippen LogP contribution is 2.41. The van der Waals surface area contributed by atoms with Gasteiger partial charge in [0.1, 0.15) is 85.5 Å². The molecule has 50 nitrogen and oxygen atoms in total. The Morgan fingerprint density at radius 1 is 0.376 bits per heavy atom. The minimum atomic E-state index is -6.08. The Labute approximate surface area is 578 Å². The number of hydrogen-bond acceptors (Lipinski definition) is 42. The van der Waals surface area contributed by atoms with Crippen molar-refractivity contribution in [2.75, 3.05) is 122 Å². The van der Waals surface area contributed by atoms with Crippen molar-refractivity contribution in [3.8, 4) is 0 Å². The van der Waals surface area contributed by atoms with Crippen molar-refractivity contribution in [3.05, 3.63) is 0 Å². The van der Waals surface area contributed by atoms with Gasteiger partial charge in [-0.05, 0) is 0 Å². The molecule has 5 aliphatic rings. The Balaban J connectivity index is 1.50. The van der Waals surface area contributed by atoms with Crippen LogP contribution in [0.1, 0.15) is 6.92 Å². The lowest BCUT2D eigenvalue weighted by Gasteiger charge is -2.50. The van der Waals surface area contributed by atoms with Crippen LogP contribution in [0.25, 0.3) is 0 Å². The van der Waals surface area contributed by atoms with Crippen molar-refractivity contribution in [1.82, 2.24) is 0 Å². The fraction of sp³-hybridized carbons (Fsp3) is 0.977. The molecule has 5 rings (SSSR count). The molecule has 0 aliphatic carbocycles. The summed E-state index contributed by atoms with van der Waals surface area (Å²) in [4.78, 5) is 13.4. The van der Waals surface area contributed by atoms with E-state index in [1.165, 1.54) is 6.92 Å². The fourth-order valence-corrected chi connectivity index (χ4v) is 13.6. The summed E-state index contributed by atoms with van der Waals surface area (Å²) < 4.78 is 381. The van der Waals surface area contributed by atoms with Gasteiger partial charge in [-0.3, -0.25) is 31.9 Å². The van der Waals surface area contributed by atoms with E-state index < -0.39 is 252 Å². The molecular formula is C44H79NO49S7. The molecule has 596 valence electrons. The molecule has 0 amide bonds. The molecular weight excluding hydrogens is 1550 g/mol. The highest BCUT2D eigenvalue weighted by molar-refractivity contribution is 7.82. The van der Waals surface area contributed by atoms with Crippen LogP contribution in [-0.2, 0) is 197 Å². The van der Waals surface area contributed by atoms with Gasteiger partial charge < -0.3 is 101 Å². The third kappa shape index (κ3) is 28.4. The number of carbonyl (C=O) groups is 1. The average molecular weight is 1630 g/mol. The first-order valence-electron chi connectivity index (χ1n) is 28.7. The summed E-state index contributed by atoms with van der Waals surface area (Å²) in [6.45, 7) is -2.91. The zero-order chi connectivity index (χ0) is 75.8. The second kappa shape index (κ2) is 39.2. The molecule has 0 spiro atoms. The van der Waals surface area contributed by atoms with Crippen LogP contribution in [0.2, 0.25) is 0 Å².